The van der Waals surface area contributed by atoms with Crippen LogP contribution in [0.4, 0.5) is 0 Å². The molecule has 2 atom stereocenters. The maximum Gasteiger partial charge on any atom is 0.268 e. The molecule has 1 aromatic carbocycles. The van der Waals surface area contributed by atoms with Crippen molar-refractivity contribution in [1.29, 1.82) is 0 Å². The lowest BCUT2D eigenvalue weighted by atomic mass is 10.1. The molecule has 2 aromatic heterocycles. The van der Waals surface area contributed by atoms with Crippen LogP contribution in [-0.2, 0) is 0 Å². The van der Waals surface area contributed by atoms with Crippen LogP contribution in [0.1, 0.15) is 29.9 Å². The second kappa shape index (κ2) is 7.67. The first kappa shape index (κ1) is 17.4. The highest BCUT2D eigenvalue weighted by Gasteiger charge is 2.18. The third-order valence-corrected chi connectivity index (χ3v) is 4.99. The van der Waals surface area contributed by atoms with Gasteiger partial charge < -0.3 is 15.4 Å². The van der Waals surface area contributed by atoms with E-state index < -0.39 is 12.0 Å². The predicted octanol–water partition coefficient (Wildman–Crippen LogP) is 2.63. The Hall–Kier alpha value is -2.38. The Balaban J connectivity index is 1.65. The van der Waals surface area contributed by atoms with Gasteiger partial charge in [0.15, 0.2) is 0 Å². The predicted molar refractivity (Wildman–Crippen MR) is 98.5 cm³/mol. The number of nitrogens with zero attached hydrogens (tertiary/aromatic N) is 3. The summed E-state index contributed by atoms with van der Waals surface area (Å²) in [6, 6.07) is 11.9. The topological polar surface area (TPSA) is 94.0 Å². The van der Waals surface area contributed by atoms with E-state index in [1.54, 1.807) is 29.4 Å². The molecule has 25 heavy (non-hydrogen) atoms. The second-order valence-corrected chi connectivity index (χ2v) is 6.97. The molecule has 0 aliphatic heterocycles. The van der Waals surface area contributed by atoms with Gasteiger partial charge in [-0.15, -0.1) is 11.8 Å². The molecule has 0 aliphatic carbocycles. The third kappa shape index (κ3) is 4.18. The highest BCUT2D eigenvalue weighted by Crippen LogP contribution is 2.25. The first-order valence-electron chi connectivity index (χ1n) is 8.04. The Morgan fingerprint density at radius 3 is 2.84 bits per heavy atom. The van der Waals surface area contributed by atoms with Gasteiger partial charge in [0.2, 0.25) is 0 Å². The number of nitrogens with two attached hydrogens (primary N) is 1. The molecule has 0 bridgehead atoms. The molecule has 130 valence electrons. The van der Waals surface area contributed by atoms with E-state index in [-0.39, 0.29) is 11.7 Å². The zero-order chi connectivity index (χ0) is 17.8. The maximum atomic E-state index is 11.2. The van der Waals surface area contributed by atoms with Gasteiger partial charge in [0.25, 0.3) is 5.91 Å². The number of primary amides is 1. The van der Waals surface area contributed by atoms with Crippen molar-refractivity contribution in [3.05, 3.63) is 54.6 Å². The van der Waals surface area contributed by atoms with Gasteiger partial charge in [-0.1, -0.05) is 24.3 Å². The molecule has 0 saturated heterocycles. The number of pyridine rings is 1. The van der Waals surface area contributed by atoms with Gasteiger partial charge in [-0.05, 0) is 25.5 Å². The number of fused-ring (bicyclic) bond motifs is 1. The average molecular weight is 356 g/mol. The molecule has 0 radical (unpaired) electrons. The van der Waals surface area contributed by atoms with Gasteiger partial charge in [-0.3, -0.25) is 4.79 Å². The minimum atomic E-state index is -0.571. The molecule has 0 saturated carbocycles. The summed E-state index contributed by atoms with van der Waals surface area (Å²) in [5.74, 6) is 0.211. The van der Waals surface area contributed by atoms with E-state index in [1.807, 2.05) is 30.3 Å². The maximum absolute atomic E-state index is 11.2. The molecular weight excluding hydrogens is 336 g/mol. The second-order valence-electron chi connectivity index (χ2n) is 5.86. The average Bonchev–Trinajstić information content (AvgIpc) is 3.08. The lowest BCUT2D eigenvalue weighted by Gasteiger charge is -2.21. The molecule has 3 N–H and O–H groups in total. The zero-order valence-corrected chi connectivity index (χ0v) is 14.7. The first-order chi connectivity index (χ1) is 12.0. The number of aromatic nitrogens is 3. The van der Waals surface area contributed by atoms with E-state index in [4.69, 9.17) is 5.73 Å². The number of imidazole rings is 1. The molecule has 0 unspecified atom stereocenters. The number of thioether (sulfide) groups is 1. The van der Waals surface area contributed by atoms with Gasteiger partial charge >= 0.3 is 0 Å². The number of aliphatic hydroxyl groups excluding tert-OH is 1. The fourth-order valence-electron chi connectivity index (χ4n) is 2.70. The fourth-order valence-corrected chi connectivity index (χ4v) is 3.59. The number of aliphatic hydroxyl groups is 1. The van der Waals surface area contributed by atoms with Gasteiger partial charge in [0.1, 0.15) is 5.69 Å². The number of rotatable bonds is 7. The van der Waals surface area contributed by atoms with Crippen LogP contribution in [0.25, 0.3) is 10.9 Å². The summed E-state index contributed by atoms with van der Waals surface area (Å²) in [5.41, 5.74) is 6.41. The normalized spacial score (nSPS) is 13.7. The quantitative estimate of drug-likeness (QED) is 0.635. The van der Waals surface area contributed by atoms with Crippen LogP contribution < -0.4 is 5.73 Å². The summed E-state index contributed by atoms with van der Waals surface area (Å²) in [5, 5.41) is 12.1. The Kier molecular flexibility index (Phi) is 5.35. The lowest BCUT2D eigenvalue weighted by Crippen LogP contribution is -2.21. The Bertz CT molecular complexity index is 878. The van der Waals surface area contributed by atoms with Crippen LogP contribution >= 0.6 is 11.8 Å². The third-order valence-electron chi connectivity index (χ3n) is 4.03. The SMILES string of the molecule is C[C@H](O)[C@@H](CCSc1ccc2ccccc2n1)n1cnc(C(N)=O)c1. The van der Waals surface area contributed by atoms with Crippen molar-refractivity contribution in [3.8, 4) is 0 Å². The molecule has 6 nitrogen and oxygen atoms in total. The fraction of sp³-hybridized carbons (Fsp3) is 0.278. The molecule has 0 spiro atoms. The number of carbonyl (C=O) groups excluding carboxylic acids is 1. The molecule has 7 heteroatoms. The molecule has 3 aromatic rings. The van der Waals surface area contributed by atoms with E-state index >= 15 is 0 Å². The molecule has 1 amide bonds. The minimum Gasteiger partial charge on any atom is -0.391 e. The monoisotopic (exact) mass is 356 g/mol. The van der Waals surface area contributed by atoms with Crippen molar-refractivity contribution in [2.24, 2.45) is 5.73 Å². The van der Waals surface area contributed by atoms with Gasteiger partial charge in [0, 0.05) is 17.3 Å². The highest BCUT2D eigenvalue weighted by atomic mass is 32.2. The number of carbonyl (C=O) groups is 1. The van der Waals surface area contributed by atoms with Crippen LogP contribution in [0, 0.1) is 0 Å². The van der Waals surface area contributed by atoms with E-state index in [0.29, 0.717) is 6.42 Å². The Labute approximate surface area is 150 Å². The summed E-state index contributed by atoms with van der Waals surface area (Å²) in [6.45, 7) is 1.73. The lowest BCUT2D eigenvalue weighted by molar-refractivity contribution is 0.0994. The summed E-state index contributed by atoms with van der Waals surface area (Å²) >= 11 is 1.64. The van der Waals surface area contributed by atoms with Gasteiger partial charge in [0.05, 0.1) is 29.0 Å². The Morgan fingerprint density at radius 1 is 1.32 bits per heavy atom. The minimum absolute atomic E-state index is 0.173. The zero-order valence-electron chi connectivity index (χ0n) is 13.9. The van der Waals surface area contributed by atoms with E-state index in [9.17, 15) is 9.90 Å². The van der Waals surface area contributed by atoms with Crippen molar-refractivity contribution < 1.29 is 9.90 Å². The van der Waals surface area contributed by atoms with E-state index in [0.717, 1.165) is 21.7 Å². The molecular formula is C18H20N4O2S. The van der Waals surface area contributed by atoms with Crippen molar-refractivity contribution in [1.82, 2.24) is 14.5 Å². The number of benzene rings is 1. The highest BCUT2D eigenvalue weighted by molar-refractivity contribution is 7.99. The molecule has 0 aliphatic rings. The van der Waals surface area contributed by atoms with Crippen molar-refractivity contribution in [2.45, 2.75) is 30.5 Å². The molecule has 3 rings (SSSR count). The van der Waals surface area contributed by atoms with Crippen molar-refractivity contribution in [3.63, 3.8) is 0 Å². The van der Waals surface area contributed by atoms with Crippen LogP contribution in [0.15, 0.2) is 53.9 Å². The molecule has 0 fully saturated rings. The van der Waals surface area contributed by atoms with Gasteiger partial charge in [-0.2, -0.15) is 0 Å². The van der Waals surface area contributed by atoms with Crippen LogP contribution in [0.3, 0.4) is 0 Å². The smallest absolute Gasteiger partial charge is 0.268 e. The van der Waals surface area contributed by atoms with E-state index in [2.05, 4.69) is 16.0 Å². The Morgan fingerprint density at radius 2 is 2.12 bits per heavy atom. The number of hydrogen-bond donors (Lipinski definition) is 2. The van der Waals surface area contributed by atoms with Crippen molar-refractivity contribution >= 4 is 28.6 Å². The largest absolute Gasteiger partial charge is 0.391 e. The number of hydrogen-bond acceptors (Lipinski definition) is 5. The standard InChI is InChI=1S/C18H20N4O2S/c1-12(23)16(22-10-15(18(19)24)20-11-22)8-9-25-17-7-6-13-4-2-3-5-14(13)21-17/h2-7,10-12,16,23H,8-9H2,1H3,(H2,19,24)/t12-,16+/m0/s1. The number of amides is 1. The summed E-state index contributed by atoms with van der Waals surface area (Å²) in [4.78, 5) is 19.8. The van der Waals surface area contributed by atoms with Crippen LogP contribution in [0.2, 0.25) is 0 Å². The number of para-hydroxylation sites is 1. The summed E-state index contributed by atoms with van der Waals surface area (Å²) in [6.07, 6.45) is 3.26. The summed E-state index contributed by atoms with van der Waals surface area (Å²) < 4.78 is 1.75. The van der Waals surface area contributed by atoms with E-state index in [1.165, 1.54) is 6.33 Å². The van der Waals surface area contributed by atoms with Crippen LogP contribution in [0.5, 0.6) is 0 Å². The summed E-state index contributed by atoms with van der Waals surface area (Å²) in [7, 11) is 0. The first-order valence-corrected chi connectivity index (χ1v) is 9.03. The molecule has 2 heterocycles. The van der Waals surface area contributed by atoms with Crippen LogP contribution in [-0.4, -0.2) is 37.4 Å². The van der Waals surface area contributed by atoms with Crippen molar-refractivity contribution in [2.75, 3.05) is 5.75 Å². The van der Waals surface area contributed by atoms with Gasteiger partial charge in [-0.25, -0.2) is 9.97 Å².